The molecule has 1 unspecified atom stereocenters. The van der Waals surface area contributed by atoms with Gasteiger partial charge in [-0.2, -0.15) is 0 Å². The highest BCUT2D eigenvalue weighted by Crippen LogP contribution is 2.09. The van der Waals surface area contributed by atoms with Gasteiger partial charge < -0.3 is 20.5 Å². The van der Waals surface area contributed by atoms with Crippen LogP contribution in [0.1, 0.15) is 48.6 Å². The number of aromatic nitrogens is 2. The van der Waals surface area contributed by atoms with Gasteiger partial charge in [-0.1, -0.05) is 13.8 Å². The van der Waals surface area contributed by atoms with Crippen LogP contribution in [0.15, 0.2) is 4.79 Å². The third-order valence-electron chi connectivity index (χ3n) is 2.95. The number of H-pyrrole nitrogens is 1. The number of aromatic amines is 1. The monoisotopic (exact) mass is 297 g/mol. The van der Waals surface area contributed by atoms with E-state index in [-0.39, 0.29) is 17.2 Å². The van der Waals surface area contributed by atoms with Gasteiger partial charge in [-0.05, 0) is 13.8 Å². The molecule has 0 bridgehead atoms. The Balaban J connectivity index is 2.99. The van der Waals surface area contributed by atoms with E-state index in [4.69, 9.17) is 5.11 Å². The number of hydrogen-bond donors (Lipinski definition) is 4. The minimum Gasteiger partial charge on any atom is -0.479 e. The molecule has 0 saturated heterocycles. The number of carboxylic acid groups (broad SMARTS) is 1. The first kappa shape index (κ1) is 16.8. The van der Waals surface area contributed by atoms with E-state index in [1.165, 1.54) is 6.92 Å². The van der Waals surface area contributed by atoms with Gasteiger partial charge in [-0.15, -0.1) is 0 Å². The number of carboxylic acids is 1. The van der Waals surface area contributed by atoms with Gasteiger partial charge in [0.2, 0.25) is 0 Å². The molecule has 0 fully saturated rings. The van der Waals surface area contributed by atoms with Crippen molar-refractivity contribution in [3.8, 4) is 0 Å². The summed E-state index contributed by atoms with van der Waals surface area (Å²) in [5.41, 5.74) is -2.66. The molecule has 4 N–H and O–H groups in total. The first-order valence-corrected chi connectivity index (χ1v) is 6.41. The van der Waals surface area contributed by atoms with Crippen molar-refractivity contribution in [1.82, 2.24) is 15.3 Å². The van der Waals surface area contributed by atoms with Crippen molar-refractivity contribution in [2.45, 2.75) is 39.2 Å². The molecular formula is C13H19N3O5. The van der Waals surface area contributed by atoms with Crippen molar-refractivity contribution in [2.24, 2.45) is 0 Å². The predicted octanol–water partition coefficient (Wildman–Crippen LogP) is -0.233. The molecule has 0 radical (unpaired) electrons. The lowest BCUT2D eigenvalue weighted by atomic mass is 10.1. The van der Waals surface area contributed by atoms with E-state index in [1.807, 2.05) is 13.8 Å². The van der Waals surface area contributed by atoms with E-state index in [2.05, 4.69) is 15.3 Å². The Morgan fingerprint density at radius 1 is 1.43 bits per heavy atom. The normalized spacial score (nSPS) is 13.8. The molecule has 1 rings (SSSR count). The minimum absolute atomic E-state index is 0.00116. The highest BCUT2D eigenvalue weighted by atomic mass is 16.4. The van der Waals surface area contributed by atoms with Crippen LogP contribution in [0, 0.1) is 6.92 Å². The Bertz CT molecular complexity index is 619. The van der Waals surface area contributed by atoms with Crippen LogP contribution in [-0.2, 0) is 4.79 Å². The second kappa shape index (κ2) is 6.04. The molecule has 0 aliphatic rings. The Morgan fingerprint density at radius 3 is 2.43 bits per heavy atom. The molecular weight excluding hydrogens is 278 g/mol. The lowest BCUT2D eigenvalue weighted by Crippen LogP contribution is -2.47. The van der Waals surface area contributed by atoms with Crippen LogP contribution in [-0.4, -0.2) is 44.2 Å². The van der Waals surface area contributed by atoms with E-state index in [0.717, 1.165) is 6.92 Å². The maximum atomic E-state index is 12.0. The fourth-order valence-corrected chi connectivity index (χ4v) is 1.56. The van der Waals surface area contributed by atoms with Gasteiger partial charge >= 0.3 is 5.97 Å². The summed E-state index contributed by atoms with van der Waals surface area (Å²) in [6, 6.07) is 0. The molecule has 8 nitrogen and oxygen atoms in total. The predicted molar refractivity (Wildman–Crippen MR) is 74.3 cm³/mol. The number of aliphatic carboxylic acids is 1. The highest BCUT2D eigenvalue weighted by molar-refractivity contribution is 5.95. The van der Waals surface area contributed by atoms with Crippen molar-refractivity contribution in [2.75, 3.05) is 6.54 Å². The molecule has 21 heavy (non-hydrogen) atoms. The Kier molecular flexibility index (Phi) is 4.84. The van der Waals surface area contributed by atoms with Crippen LogP contribution in [0.5, 0.6) is 0 Å². The number of nitrogens with one attached hydrogen (secondary N) is 2. The number of rotatable bonds is 5. The van der Waals surface area contributed by atoms with Gasteiger partial charge in [-0.25, -0.2) is 9.78 Å². The first-order chi connectivity index (χ1) is 9.56. The van der Waals surface area contributed by atoms with E-state index in [1.54, 1.807) is 0 Å². The van der Waals surface area contributed by atoms with Crippen LogP contribution < -0.4 is 10.9 Å². The molecule has 1 atom stereocenters. The zero-order chi connectivity index (χ0) is 16.4. The molecule has 116 valence electrons. The molecule has 1 amide bonds. The van der Waals surface area contributed by atoms with Crippen LogP contribution in [0.2, 0.25) is 0 Å². The molecule has 0 aliphatic carbocycles. The van der Waals surface area contributed by atoms with Gasteiger partial charge in [0.25, 0.3) is 11.5 Å². The number of carbonyl (C=O) groups excluding carboxylic acids is 1. The average Bonchev–Trinajstić information content (AvgIpc) is 2.35. The molecule has 0 saturated carbocycles. The largest absolute Gasteiger partial charge is 0.479 e. The number of aliphatic hydroxyl groups is 1. The zero-order valence-corrected chi connectivity index (χ0v) is 12.4. The quantitative estimate of drug-likeness (QED) is 0.593. The van der Waals surface area contributed by atoms with Crippen molar-refractivity contribution >= 4 is 11.9 Å². The van der Waals surface area contributed by atoms with Gasteiger partial charge in [0.15, 0.2) is 5.60 Å². The zero-order valence-electron chi connectivity index (χ0n) is 12.4. The molecule has 1 aromatic rings. The Labute approximate surface area is 121 Å². The second-order valence-electron chi connectivity index (χ2n) is 5.33. The summed E-state index contributed by atoms with van der Waals surface area (Å²) in [6.07, 6.45) is 0. The van der Waals surface area contributed by atoms with E-state index >= 15 is 0 Å². The summed E-state index contributed by atoms with van der Waals surface area (Å²) < 4.78 is 0. The SMILES string of the molecule is Cc1nc(C(C)C)[nH]c(=O)c1C(=O)NCC(C)(O)C(=O)O. The number of carbonyl (C=O) groups is 2. The molecule has 0 spiro atoms. The molecule has 8 heteroatoms. The molecule has 0 aliphatic heterocycles. The number of hydrogen-bond acceptors (Lipinski definition) is 5. The van der Waals surface area contributed by atoms with E-state index in [9.17, 15) is 19.5 Å². The third-order valence-corrected chi connectivity index (χ3v) is 2.95. The number of nitrogens with zero attached hydrogens (tertiary/aromatic N) is 1. The number of amides is 1. The van der Waals surface area contributed by atoms with E-state index < -0.39 is 29.6 Å². The van der Waals surface area contributed by atoms with Crippen LogP contribution >= 0.6 is 0 Å². The molecule has 1 heterocycles. The Morgan fingerprint density at radius 2 is 2.00 bits per heavy atom. The minimum atomic E-state index is -2.11. The van der Waals surface area contributed by atoms with Crippen molar-refractivity contribution in [3.05, 3.63) is 27.4 Å². The van der Waals surface area contributed by atoms with Crippen LogP contribution in [0.4, 0.5) is 0 Å². The van der Waals surface area contributed by atoms with Crippen molar-refractivity contribution in [1.29, 1.82) is 0 Å². The fourth-order valence-electron chi connectivity index (χ4n) is 1.56. The van der Waals surface area contributed by atoms with E-state index in [0.29, 0.717) is 5.82 Å². The van der Waals surface area contributed by atoms with Crippen molar-refractivity contribution in [3.63, 3.8) is 0 Å². The summed E-state index contributed by atoms with van der Waals surface area (Å²) in [4.78, 5) is 41.3. The van der Waals surface area contributed by atoms with Gasteiger partial charge in [0, 0.05) is 5.92 Å². The summed E-state index contributed by atoms with van der Waals surface area (Å²) in [6.45, 7) is 5.74. The van der Waals surface area contributed by atoms with Crippen molar-refractivity contribution < 1.29 is 19.8 Å². The van der Waals surface area contributed by atoms with Gasteiger partial charge in [0.1, 0.15) is 11.4 Å². The van der Waals surface area contributed by atoms with Crippen LogP contribution in [0.3, 0.4) is 0 Å². The van der Waals surface area contributed by atoms with Gasteiger partial charge in [0.05, 0.1) is 12.2 Å². The average molecular weight is 297 g/mol. The maximum Gasteiger partial charge on any atom is 0.337 e. The summed E-state index contributed by atoms with van der Waals surface area (Å²) in [7, 11) is 0. The molecule has 1 aromatic heterocycles. The summed E-state index contributed by atoms with van der Waals surface area (Å²) in [5, 5.41) is 20.5. The van der Waals surface area contributed by atoms with Gasteiger partial charge in [-0.3, -0.25) is 9.59 Å². The standard InChI is InChI=1S/C13H19N3O5/c1-6(2)9-15-7(3)8(11(18)16-9)10(17)14-5-13(4,21)12(19)20/h6,21H,5H2,1-4H3,(H,14,17)(H,19,20)(H,15,16,18). The number of aryl methyl sites for hydroxylation is 1. The smallest absolute Gasteiger partial charge is 0.337 e. The first-order valence-electron chi connectivity index (χ1n) is 6.41. The summed E-state index contributed by atoms with van der Waals surface area (Å²) in [5.74, 6) is -1.78. The highest BCUT2D eigenvalue weighted by Gasteiger charge is 2.31. The Hall–Kier alpha value is -2.22. The maximum absolute atomic E-state index is 12.0. The second-order valence-corrected chi connectivity index (χ2v) is 5.33. The third kappa shape index (κ3) is 3.88. The molecule has 0 aromatic carbocycles. The lowest BCUT2D eigenvalue weighted by molar-refractivity contribution is -0.155. The summed E-state index contributed by atoms with van der Waals surface area (Å²) >= 11 is 0. The fraction of sp³-hybridized carbons (Fsp3) is 0.538. The lowest BCUT2D eigenvalue weighted by Gasteiger charge is -2.18. The van der Waals surface area contributed by atoms with Crippen LogP contribution in [0.25, 0.3) is 0 Å². The topological polar surface area (TPSA) is 132 Å².